The number of esters is 1. The summed E-state index contributed by atoms with van der Waals surface area (Å²) in [6.07, 6.45) is 0. The summed E-state index contributed by atoms with van der Waals surface area (Å²) in [6.45, 7) is 9.68. The summed E-state index contributed by atoms with van der Waals surface area (Å²) < 4.78 is 16.1. The van der Waals surface area contributed by atoms with Gasteiger partial charge in [0.1, 0.15) is 11.3 Å². The number of furan rings is 1. The lowest BCUT2D eigenvalue weighted by Crippen LogP contribution is -2.22. The van der Waals surface area contributed by atoms with Crippen molar-refractivity contribution >= 4 is 28.5 Å². The van der Waals surface area contributed by atoms with Crippen LogP contribution in [0, 0.1) is 6.92 Å². The second kappa shape index (κ2) is 9.25. The summed E-state index contributed by atoms with van der Waals surface area (Å²) >= 11 is 0. The Hall–Kier alpha value is -3.28. The lowest BCUT2D eigenvalue weighted by Gasteiger charge is -2.20. The number of aryl methyl sites for hydroxylation is 1. The molecule has 1 aromatic heterocycles. The number of methoxy groups -OCH3 is 1. The Kier molecular flexibility index (Phi) is 6.68. The zero-order chi connectivity index (χ0) is 22.7. The molecule has 164 valence electrons. The lowest BCUT2D eigenvalue weighted by atomic mass is 9.92. The molecule has 0 aliphatic heterocycles. The number of benzene rings is 2. The number of nitrogens with one attached hydrogen (secondary N) is 1. The Morgan fingerprint density at radius 3 is 2.26 bits per heavy atom. The maximum atomic E-state index is 12.6. The summed E-state index contributed by atoms with van der Waals surface area (Å²) in [7, 11) is 1.58. The first-order chi connectivity index (χ1) is 14.7. The largest absolute Gasteiger partial charge is 0.497 e. The third-order valence-corrected chi connectivity index (χ3v) is 5.30. The van der Waals surface area contributed by atoms with E-state index >= 15 is 0 Å². The highest BCUT2D eigenvalue weighted by Crippen LogP contribution is 2.32. The molecule has 0 atom stereocenters. The van der Waals surface area contributed by atoms with Crippen molar-refractivity contribution in [3.05, 3.63) is 58.8 Å². The van der Waals surface area contributed by atoms with Gasteiger partial charge in [0.25, 0.3) is 5.91 Å². The number of anilines is 1. The third kappa shape index (κ3) is 4.74. The fourth-order valence-electron chi connectivity index (χ4n) is 3.59. The van der Waals surface area contributed by atoms with E-state index in [1.807, 2.05) is 18.2 Å². The van der Waals surface area contributed by atoms with Gasteiger partial charge in [0.15, 0.2) is 6.61 Å². The van der Waals surface area contributed by atoms with Gasteiger partial charge < -0.3 is 19.2 Å². The quantitative estimate of drug-likeness (QED) is 0.487. The maximum Gasteiger partial charge on any atom is 0.375 e. The van der Waals surface area contributed by atoms with Gasteiger partial charge in [-0.05, 0) is 48.1 Å². The minimum absolute atomic E-state index is 0.0847. The van der Waals surface area contributed by atoms with E-state index < -0.39 is 18.5 Å². The lowest BCUT2D eigenvalue weighted by molar-refractivity contribution is -0.119. The van der Waals surface area contributed by atoms with Crippen LogP contribution in [0.25, 0.3) is 11.0 Å². The molecule has 1 amide bonds. The number of carbonyl (C=O) groups excluding carboxylic acids is 2. The van der Waals surface area contributed by atoms with E-state index in [0.29, 0.717) is 16.9 Å². The van der Waals surface area contributed by atoms with Gasteiger partial charge in [-0.15, -0.1) is 0 Å². The summed E-state index contributed by atoms with van der Waals surface area (Å²) in [5, 5.41) is 3.71. The number of rotatable bonds is 7. The molecule has 6 heteroatoms. The van der Waals surface area contributed by atoms with Gasteiger partial charge in [-0.25, -0.2) is 4.79 Å². The molecule has 6 nitrogen and oxygen atoms in total. The molecule has 0 saturated heterocycles. The minimum Gasteiger partial charge on any atom is -0.497 e. The standard InChI is InChI=1S/C25H29NO5/c1-14(2)18-8-7-9-19(15(3)4)23(18)26-22(27)13-30-25(28)24-16(5)20-12-17(29-6)10-11-21(20)31-24/h7-12,14-15H,13H2,1-6H3,(H,26,27). The Balaban J connectivity index is 1.74. The van der Waals surface area contributed by atoms with E-state index in [9.17, 15) is 9.59 Å². The van der Waals surface area contributed by atoms with Crippen LogP contribution in [0.15, 0.2) is 40.8 Å². The number of carbonyl (C=O) groups is 2. The van der Waals surface area contributed by atoms with Crippen LogP contribution in [0.2, 0.25) is 0 Å². The van der Waals surface area contributed by atoms with Crippen molar-refractivity contribution in [1.29, 1.82) is 0 Å². The molecule has 0 radical (unpaired) electrons. The smallest absolute Gasteiger partial charge is 0.375 e. The molecule has 1 heterocycles. The average molecular weight is 424 g/mol. The molecule has 0 saturated carbocycles. The first-order valence-corrected chi connectivity index (χ1v) is 10.4. The number of amides is 1. The summed E-state index contributed by atoms with van der Waals surface area (Å²) in [6, 6.07) is 11.3. The first-order valence-electron chi connectivity index (χ1n) is 10.4. The molecule has 0 spiro atoms. The van der Waals surface area contributed by atoms with E-state index in [0.717, 1.165) is 22.2 Å². The van der Waals surface area contributed by atoms with Gasteiger partial charge in [0, 0.05) is 16.6 Å². The Labute approximate surface area is 182 Å². The van der Waals surface area contributed by atoms with Crippen LogP contribution >= 0.6 is 0 Å². The Bertz CT molecular complexity index is 1080. The monoisotopic (exact) mass is 423 g/mol. The fourth-order valence-corrected chi connectivity index (χ4v) is 3.59. The van der Waals surface area contributed by atoms with Crippen LogP contribution in [0.3, 0.4) is 0 Å². The van der Waals surface area contributed by atoms with Crippen LogP contribution in [0.4, 0.5) is 5.69 Å². The number of hydrogen-bond acceptors (Lipinski definition) is 5. The molecule has 3 aromatic rings. The van der Waals surface area contributed by atoms with Crippen molar-refractivity contribution in [3.63, 3.8) is 0 Å². The summed E-state index contributed by atoms with van der Waals surface area (Å²) in [5.74, 6) is 0.170. The van der Waals surface area contributed by atoms with Crippen molar-refractivity contribution in [1.82, 2.24) is 0 Å². The fraction of sp³-hybridized carbons (Fsp3) is 0.360. The molecule has 0 aliphatic rings. The Morgan fingerprint density at radius 1 is 1.03 bits per heavy atom. The van der Waals surface area contributed by atoms with Crippen LogP contribution in [0.5, 0.6) is 5.75 Å². The molecule has 0 unspecified atom stereocenters. The molecule has 0 bridgehead atoms. The molecular formula is C25H29NO5. The van der Waals surface area contributed by atoms with Crippen molar-refractivity contribution in [2.75, 3.05) is 19.0 Å². The predicted octanol–water partition coefficient (Wildman–Crippen LogP) is 5.79. The number of hydrogen-bond donors (Lipinski definition) is 1. The third-order valence-electron chi connectivity index (χ3n) is 5.30. The molecule has 1 N–H and O–H groups in total. The number of fused-ring (bicyclic) bond motifs is 1. The van der Waals surface area contributed by atoms with Gasteiger partial charge in [0.2, 0.25) is 5.76 Å². The van der Waals surface area contributed by atoms with Gasteiger partial charge in [0.05, 0.1) is 7.11 Å². The van der Waals surface area contributed by atoms with Crippen molar-refractivity contribution in [2.45, 2.75) is 46.5 Å². The van der Waals surface area contributed by atoms with E-state index in [4.69, 9.17) is 13.9 Å². The van der Waals surface area contributed by atoms with Crippen molar-refractivity contribution < 1.29 is 23.5 Å². The van der Waals surface area contributed by atoms with E-state index in [1.165, 1.54) is 0 Å². The second-order valence-electron chi connectivity index (χ2n) is 8.16. The van der Waals surface area contributed by atoms with Crippen molar-refractivity contribution in [2.24, 2.45) is 0 Å². The average Bonchev–Trinajstić information content (AvgIpc) is 3.07. The van der Waals surface area contributed by atoms with Gasteiger partial charge in [-0.3, -0.25) is 4.79 Å². The molecule has 3 rings (SSSR count). The van der Waals surface area contributed by atoms with E-state index in [-0.39, 0.29) is 17.6 Å². The summed E-state index contributed by atoms with van der Waals surface area (Å²) in [4.78, 5) is 25.2. The van der Waals surface area contributed by atoms with Gasteiger partial charge >= 0.3 is 5.97 Å². The van der Waals surface area contributed by atoms with Crippen LogP contribution in [0.1, 0.15) is 66.8 Å². The highest BCUT2D eigenvalue weighted by atomic mass is 16.5. The predicted molar refractivity (Wildman–Crippen MR) is 121 cm³/mol. The van der Waals surface area contributed by atoms with E-state index in [2.05, 4.69) is 33.0 Å². The zero-order valence-electron chi connectivity index (χ0n) is 18.9. The van der Waals surface area contributed by atoms with Crippen LogP contribution in [-0.4, -0.2) is 25.6 Å². The second-order valence-corrected chi connectivity index (χ2v) is 8.16. The first kappa shape index (κ1) is 22.4. The van der Waals surface area contributed by atoms with E-state index in [1.54, 1.807) is 32.2 Å². The van der Waals surface area contributed by atoms with Crippen LogP contribution in [-0.2, 0) is 9.53 Å². The minimum atomic E-state index is -0.677. The van der Waals surface area contributed by atoms with Crippen molar-refractivity contribution in [3.8, 4) is 5.75 Å². The molecular weight excluding hydrogens is 394 g/mol. The van der Waals surface area contributed by atoms with Crippen LogP contribution < -0.4 is 10.1 Å². The molecule has 31 heavy (non-hydrogen) atoms. The highest BCUT2D eigenvalue weighted by Gasteiger charge is 2.21. The van der Waals surface area contributed by atoms with Gasteiger partial charge in [-0.2, -0.15) is 0 Å². The number of para-hydroxylation sites is 1. The normalized spacial score (nSPS) is 11.2. The molecule has 2 aromatic carbocycles. The molecule has 0 fully saturated rings. The molecule has 0 aliphatic carbocycles. The van der Waals surface area contributed by atoms with Gasteiger partial charge in [-0.1, -0.05) is 45.9 Å². The number of ether oxygens (including phenoxy) is 2. The topological polar surface area (TPSA) is 77.8 Å². The maximum absolute atomic E-state index is 12.6. The summed E-state index contributed by atoms with van der Waals surface area (Å²) in [5.41, 5.74) is 4.09. The zero-order valence-corrected chi connectivity index (χ0v) is 18.9. The highest BCUT2D eigenvalue weighted by molar-refractivity contribution is 5.99. The Morgan fingerprint density at radius 2 is 1.68 bits per heavy atom. The SMILES string of the molecule is COc1ccc2oc(C(=O)OCC(=O)Nc3c(C(C)C)cccc3C(C)C)c(C)c2c1.